The minimum absolute atomic E-state index is 0.753. The fraction of sp³-hybridized carbons (Fsp3) is 0.500. The van der Waals surface area contributed by atoms with E-state index in [2.05, 4.69) is 34.3 Å². The van der Waals surface area contributed by atoms with Crippen molar-refractivity contribution in [3.8, 4) is 0 Å². The van der Waals surface area contributed by atoms with Gasteiger partial charge in [-0.15, -0.1) is 0 Å². The average Bonchev–Trinajstić information content (AvgIpc) is 2.68. The third-order valence-electron chi connectivity index (χ3n) is 5.33. The quantitative estimate of drug-likeness (QED) is 0.892. The normalized spacial score (nSPS) is 17.8. The molecule has 2 aliphatic rings. The molecule has 0 spiro atoms. The van der Waals surface area contributed by atoms with Crippen molar-refractivity contribution in [2.75, 3.05) is 43.4 Å². The minimum atomic E-state index is 0.753. The van der Waals surface area contributed by atoms with Gasteiger partial charge in [-0.05, 0) is 50.4 Å². The highest BCUT2D eigenvalue weighted by Gasteiger charge is 2.22. The Morgan fingerprint density at radius 2 is 1.73 bits per heavy atom. The van der Waals surface area contributed by atoms with Gasteiger partial charge < -0.3 is 15.1 Å². The molecule has 0 radical (unpaired) electrons. The number of likely N-dealkylation sites (N-methyl/N-ethyl adjacent to an activating group) is 1. The van der Waals surface area contributed by atoms with Crippen LogP contribution in [0.3, 0.4) is 0 Å². The van der Waals surface area contributed by atoms with E-state index in [0.29, 0.717) is 0 Å². The number of aryl methyl sites for hydroxylation is 1. The molecule has 1 N–H and O–H groups in total. The lowest BCUT2D eigenvalue weighted by Gasteiger charge is -2.33. The predicted molar refractivity (Wildman–Crippen MR) is 107 cm³/mol. The molecule has 0 unspecified atom stereocenters. The van der Waals surface area contributed by atoms with Crippen LogP contribution in [0.4, 0.5) is 11.8 Å². The number of halogens is 1. The lowest BCUT2D eigenvalue weighted by Crippen LogP contribution is -2.45. The molecule has 1 aromatic heterocycles. The zero-order chi connectivity index (χ0) is 17.9. The van der Waals surface area contributed by atoms with Gasteiger partial charge in [-0.25, -0.2) is 4.98 Å². The Kier molecular flexibility index (Phi) is 5.27. The van der Waals surface area contributed by atoms with Gasteiger partial charge in [0.05, 0.1) is 5.69 Å². The van der Waals surface area contributed by atoms with E-state index >= 15 is 0 Å². The smallest absolute Gasteiger partial charge is 0.227 e. The fourth-order valence-electron chi connectivity index (χ4n) is 3.66. The van der Waals surface area contributed by atoms with Gasteiger partial charge in [-0.3, -0.25) is 0 Å². The number of nitrogens with one attached hydrogen (secondary N) is 1. The van der Waals surface area contributed by atoms with Crippen LogP contribution in [0.5, 0.6) is 0 Å². The molecule has 138 valence electrons. The second kappa shape index (κ2) is 7.80. The van der Waals surface area contributed by atoms with Crippen molar-refractivity contribution in [1.82, 2.24) is 14.9 Å². The van der Waals surface area contributed by atoms with E-state index in [1.807, 2.05) is 12.1 Å². The summed E-state index contributed by atoms with van der Waals surface area (Å²) in [6.07, 6.45) is 4.58. The van der Waals surface area contributed by atoms with Crippen LogP contribution in [0.15, 0.2) is 24.3 Å². The third kappa shape index (κ3) is 3.94. The molecule has 5 nitrogen and oxygen atoms in total. The number of rotatable bonds is 4. The maximum atomic E-state index is 5.99. The predicted octanol–water partition coefficient (Wildman–Crippen LogP) is 3.37. The second-order valence-electron chi connectivity index (χ2n) is 7.27. The SMILES string of the molecule is CN1CCN(c2nc3c(c(NCc4ccc(Cl)cc4)n2)CCCC3)CC1. The van der Waals surface area contributed by atoms with Gasteiger partial charge in [0, 0.05) is 43.3 Å². The number of fused-ring (bicyclic) bond motifs is 1. The Morgan fingerprint density at radius 1 is 1.00 bits per heavy atom. The Labute approximate surface area is 160 Å². The number of anilines is 2. The fourth-order valence-corrected chi connectivity index (χ4v) is 3.79. The highest BCUT2D eigenvalue weighted by Crippen LogP contribution is 2.28. The number of piperazine rings is 1. The molecule has 4 rings (SSSR count). The Hall–Kier alpha value is -1.85. The summed E-state index contributed by atoms with van der Waals surface area (Å²) in [4.78, 5) is 14.5. The summed E-state index contributed by atoms with van der Waals surface area (Å²) < 4.78 is 0. The number of hydrogen-bond acceptors (Lipinski definition) is 5. The molecule has 1 fully saturated rings. The van der Waals surface area contributed by atoms with Crippen LogP contribution in [-0.4, -0.2) is 48.1 Å². The maximum absolute atomic E-state index is 5.99. The highest BCUT2D eigenvalue weighted by atomic mass is 35.5. The highest BCUT2D eigenvalue weighted by molar-refractivity contribution is 6.30. The van der Waals surface area contributed by atoms with Gasteiger partial charge >= 0.3 is 0 Å². The lowest BCUT2D eigenvalue weighted by atomic mass is 9.96. The number of aromatic nitrogens is 2. The van der Waals surface area contributed by atoms with Crippen LogP contribution in [0.2, 0.25) is 5.02 Å². The summed E-state index contributed by atoms with van der Waals surface area (Å²) in [5.41, 5.74) is 3.75. The molecule has 6 heteroatoms. The number of hydrogen-bond donors (Lipinski definition) is 1. The maximum Gasteiger partial charge on any atom is 0.227 e. The minimum Gasteiger partial charge on any atom is -0.366 e. The molecule has 26 heavy (non-hydrogen) atoms. The molecule has 0 saturated carbocycles. The molecule has 2 aromatic rings. The monoisotopic (exact) mass is 371 g/mol. The standard InChI is InChI=1S/C20H26ClN5/c1-25-10-12-26(13-11-25)20-23-18-5-3-2-4-17(18)19(24-20)22-14-15-6-8-16(21)9-7-15/h6-9H,2-5,10-14H2,1H3,(H,22,23,24). The summed E-state index contributed by atoms with van der Waals surface area (Å²) in [5, 5.41) is 4.33. The van der Waals surface area contributed by atoms with Gasteiger partial charge in [0.2, 0.25) is 5.95 Å². The van der Waals surface area contributed by atoms with Crippen LogP contribution in [0, 0.1) is 0 Å². The Morgan fingerprint density at radius 3 is 2.50 bits per heavy atom. The van der Waals surface area contributed by atoms with Crippen molar-refractivity contribution < 1.29 is 0 Å². The van der Waals surface area contributed by atoms with E-state index in [0.717, 1.165) is 62.4 Å². The van der Waals surface area contributed by atoms with Crippen LogP contribution < -0.4 is 10.2 Å². The largest absolute Gasteiger partial charge is 0.366 e. The van der Waals surface area contributed by atoms with Gasteiger partial charge in [0.25, 0.3) is 0 Å². The van der Waals surface area contributed by atoms with Gasteiger partial charge in [-0.2, -0.15) is 4.98 Å². The summed E-state index contributed by atoms with van der Waals surface area (Å²) >= 11 is 5.99. The van der Waals surface area contributed by atoms with Crippen LogP contribution in [-0.2, 0) is 19.4 Å². The summed E-state index contributed by atoms with van der Waals surface area (Å²) in [7, 11) is 2.17. The number of benzene rings is 1. The zero-order valence-corrected chi connectivity index (χ0v) is 16.1. The molecule has 1 aromatic carbocycles. The van der Waals surface area contributed by atoms with Crippen molar-refractivity contribution in [2.24, 2.45) is 0 Å². The first-order chi connectivity index (χ1) is 12.7. The first-order valence-electron chi connectivity index (χ1n) is 9.50. The van der Waals surface area contributed by atoms with Crippen LogP contribution in [0.1, 0.15) is 29.7 Å². The summed E-state index contributed by atoms with van der Waals surface area (Å²) in [6.45, 7) is 4.86. The second-order valence-corrected chi connectivity index (χ2v) is 7.71. The van der Waals surface area contributed by atoms with Gasteiger partial charge in [-0.1, -0.05) is 23.7 Å². The van der Waals surface area contributed by atoms with E-state index in [1.165, 1.54) is 29.7 Å². The Balaban J connectivity index is 1.57. The molecule has 1 aliphatic carbocycles. The van der Waals surface area contributed by atoms with Crippen LogP contribution >= 0.6 is 11.6 Å². The molecule has 0 bridgehead atoms. The molecule has 0 amide bonds. The van der Waals surface area contributed by atoms with Crippen molar-refractivity contribution >= 4 is 23.4 Å². The molecular weight excluding hydrogens is 346 g/mol. The van der Waals surface area contributed by atoms with Crippen molar-refractivity contribution in [3.63, 3.8) is 0 Å². The average molecular weight is 372 g/mol. The summed E-state index contributed by atoms with van der Waals surface area (Å²) in [6, 6.07) is 7.99. The lowest BCUT2D eigenvalue weighted by molar-refractivity contribution is 0.311. The van der Waals surface area contributed by atoms with Crippen molar-refractivity contribution in [2.45, 2.75) is 32.2 Å². The van der Waals surface area contributed by atoms with Crippen molar-refractivity contribution in [1.29, 1.82) is 0 Å². The van der Waals surface area contributed by atoms with E-state index in [4.69, 9.17) is 21.6 Å². The molecule has 0 atom stereocenters. The van der Waals surface area contributed by atoms with E-state index in [1.54, 1.807) is 0 Å². The molecule has 2 heterocycles. The molecule has 1 saturated heterocycles. The van der Waals surface area contributed by atoms with E-state index < -0.39 is 0 Å². The van der Waals surface area contributed by atoms with E-state index in [-0.39, 0.29) is 0 Å². The first kappa shape index (κ1) is 17.6. The van der Waals surface area contributed by atoms with Crippen LogP contribution in [0.25, 0.3) is 0 Å². The Bertz CT molecular complexity index is 754. The number of nitrogens with zero attached hydrogens (tertiary/aromatic N) is 4. The molecule has 1 aliphatic heterocycles. The van der Waals surface area contributed by atoms with Gasteiger partial charge in [0.1, 0.15) is 5.82 Å². The first-order valence-corrected chi connectivity index (χ1v) is 9.88. The van der Waals surface area contributed by atoms with E-state index in [9.17, 15) is 0 Å². The van der Waals surface area contributed by atoms with Gasteiger partial charge in [0.15, 0.2) is 0 Å². The third-order valence-corrected chi connectivity index (χ3v) is 5.58. The zero-order valence-electron chi connectivity index (χ0n) is 15.3. The molecular formula is C20H26ClN5. The summed E-state index contributed by atoms with van der Waals surface area (Å²) in [5.74, 6) is 1.90. The topological polar surface area (TPSA) is 44.3 Å². The van der Waals surface area contributed by atoms with Crippen molar-refractivity contribution in [3.05, 3.63) is 46.1 Å².